The van der Waals surface area contributed by atoms with E-state index in [0.29, 0.717) is 0 Å². The summed E-state index contributed by atoms with van der Waals surface area (Å²) in [5.41, 5.74) is 5.08. The van der Waals surface area contributed by atoms with Crippen molar-refractivity contribution < 1.29 is 9.53 Å². The summed E-state index contributed by atoms with van der Waals surface area (Å²) in [7, 11) is 1.71. The highest BCUT2D eigenvalue weighted by Crippen LogP contribution is 2.31. The predicted molar refractivity (Wildman–Crippen MR) is 88.4 cm³/mol. The molecule has 0 atom stereocenters. The fourth-order valence-electron chi connectivity index (χ4n) is 3.17. The summed E-state index contributed by atoms with van der Waals surface area (Å²) in [6.07, 6.45) is 4.73. The maximum Gasteiger partial charge on any atom is 0.160 e. The summed E-state index contributed by atoms with van der Waals surface area (Å²) < 4.78 is 7.25. The Hall–Kier alpha value is -1.94. The molecule has 4 nitrogen and oxygen atoms in total. The average Bonchev–Trinajstić information content (AvgIpc) is 2.86. The lowest BCUT2D eigenvalue weighted by molar-refractivity contribution is 0.101. The van der Waals surface area contributed by atoms with Crippen molar-refractivity contribution in [2.24, 2.45) is 0 Å². The average molecular weight is 300 g/mol. The third-order valence-electron chi connectivity index (χ3n) is 4.01. The van der Waals surface area contributed by atoms with Gasteiger partial charge < -0.3 is 9.30 Å². The first-order valence-corrected chi connectivity index (χ1v) is 7.59. The summed E-state index contributed by atoms with van der Waals surface area (Å²) in [5.74, 6) is 1.03. The number of aryl methyl sites for hydroxylation is 3. The lowest BCUT2D eigenvalue weighted by atomic mass is 9.91. The lowest BCUT2D eigenvalue weighted by Gasteiger charge is -2.17. The number of hydrogen-bond acceptors (Lipinski definition) is 3. The zero-order valence-corrected chi connectivity index (χ0v) is 14.1. The molecule has 1 aromatic carbocycles. The van der Waals surface area contributed by atoms with E-state index in [9.17, 15) is 4.79 Å². The summed E-state index contributed by atoms with van der Waals surface area (Å²) >= 11 is 0. The van der Waals surface area contributed by atoms with Gasteiger partial charge in [-0.15, -0.1) is 0 Å². The van der Waals surface area contributed by atoms with Crippen molar-refractivity contribution in [3.63, 3.8) is 0 Å². The molecule has 0 saturated heterocycles. The minimum absolute atomic E-state index is 0.105. The molecule has 2 rings (SSSR count). The zero-order chi connectivity index (χ0) is 16.3. The number of nitrogens with zero attached hydrogens (tertiary/aromatic N) is 2. The number of ether oxygens (including phenoxy) is 1. The number of rotatable bonds is 6. The van der Waals surface area contributed by atoms with Gasteiger partial charge in [0.1, 0.15) is 5.82 Å². The van der Waals surface area contributed by atoms with Crippen molar-refractivity contribution in [1.29, 1.82) is 0 Å². The first-order chi connectivity index (χ1) is 10.5. The SMILES string of the molecule is COCCCn1ccnc1-c1c(C)cc(C)c(C(C)=O)c1C. The third kappa shape index (κ3) is 3.12. The number of aromatic nitrogens is 2. The van der Waals surface area contributed by atoms with Gasteiger partial charge in [0.2, 0.25) is 0 Å². The molecular formula is C18H24N2O2. The first-order valence-electron chi connectivity index (χ1n) is 7.59. The van der Waals surface area contributed by atoms with E-state index in [0.717, 1.165) is 53.2 Å². The molecule has 0 aliphatic rings. The van der Waals surface area contributed by atoms with Gasteiger partial charge in [-0.3, -0.25) is 4.79 Å². The van der Waals surface area contributed by atoms with E-state index in [1.165, 1.54) is 0 Å². The van der Waals surface area contributed by atoms with Gasteiger partial charge in [0.25, 0.3) is 0 Å². The second kappa shape index (κ2) is 6.88. The van der Waals surface area contributed by atoms with E-state index in [2.05, 4.69) is 22.5 Å². The molecule has 0 fully saturated rings. The number of methoxy groups -OCH3 is 1. The van der Waals surface area contributed by atoms with Crippen LogP contribution < -0.4 is 0 Å². The van der Waals surface area contributed by atoms with Gasteiger partial charge >= 0.3 is 0 Å². The topological polar surface area (TPSA) is 44.1 Å². The Balaban J connectivity index is 2.52. The van der Waals surface area contributed by atoms with Crippen molar-refractivity contribution in [3.05, 3.63) is 40.7 Å². The van der Waals surface area contributed by atoms with Gasteiger partial charge in [-0.05, 0) is 50.8 Å². The van der Waals surface area contributed by atoms with Crippen molar-refractivity contribution in [3.8, 4) is 11.4 Å². The van der Waals surface area contributed by atoms with E-state index in [1.54, 1.807) is 14.0 Å². The smallest absolute Gasteiger partial charge is 0.160 e. The third-order valence-corrected chi connectivity index (χ3v) is 4.01. The van der Waals surface area contributed by atoms with Gasteiger partial charge in [0.05, 0.1) is 0 Å². The maximum absolute atomic E-state index is 12.0. The molecule has 0 aliphatic heterocycles. The molecule has 0 amide bonds. The fourth-order valence-corrected chi connectivity index (χ4v) is 3.17. The van der Waals surface area contributed by atoms with E-state index in [1.807, 2.05) is 26.2 Å². The van der Waals surface area contributed by atoms with Crippen molar-refractivity contribution in [1.82, 2.24) is 9.55 Å². The fraction of sp³-hybridized carbons (Fsp3) is 0.444. The minimum Gasteiger partial charge on any atom is -0.385 e. The molecule has 0 spiro atoms. The van der Waals surface area contributed by atoms with Crippen LogP contribution in [0.15, 0.2) is 18.5 Å². The van der Waals surface area contributed by atoms with Crippen LogP contribution in [-0.4, -0.2) is 29.1 Å². The van der Waals surface area contributed by atoms with Gasteiger partial charge in [-0.1, -0.05) is 6.07 Å². The molecule has 1 aromatic heterocycles. The van der Waals surface area contributed by atoms with Crippen LogP contribution in [0.5, 0.6) is 0 Å². The molecule has 118 valence electrons. The molecule has 1 heterocycles. The molecule has 0 N–H and O–H groups in total. The number of benzene rings is 1. The van der Waals surface area contributed by atoms with E-state index < -0.39 is 0 Å². The van der Waals surface area contributed by atoms with Crippen LogP contribution in [0.3, 0.4) is 0 Å². The molecule has 0 saturated carbocycles. The van der Waals surface area contributed by atoms with Crippen LogP contribution >= 0.6 is 0 Å². The molecule has 22 heavy (non-hydrogen) atoms. The number of imidazole rings is 1. The molecule has 0 radical (unpaired) electrons. The number of carbonyl (C=O) groups excluding carboxylic acids is 1. The Bertz CT molecular complexity index is 687. The monoisotopic (exact) mass is 300 g/mol. The minimum atomic E-state index is 0.105. The molecule has 4 heteroatoms. The maximum atomic E-state index is 12.0. The number of hydrogen-bond donors (Lipinski definition) is 0. The van der Waals surface area contributed by atoms with Crippen LogP contribution in [-0.2, 0) is 11.3 Å². The Labute approximate surface area is 132 Å². The summed E-state index contributed by atoms with van der Waals surface area (Å²) in [5, 5.41) is 0. The van der Waals surface area contributed by atoms with E-state index in [-0.39, 0.29) is 5.78 Å². The van der Waals surface area contributed by atoms with Crippen molar-refractivity contribution in [2.75, 3.05) is 13.7 Å². The number of ketones is 1. The van der Waals surface area contributed by atoms with Gasteiger partial charge in [0.15, 0.2) is 5.78 Å². The highest BCUT2D eigenvalue weighted by atomic mass is 16.5. The Morgan fingerprint density at radius 1 is 1.27 bits per heavy atom. The number of Topliss-reactive ketones (excluding diaryl/α,β-unsaturated/α-hetero) is 1. The Morgan fingerprint density at radius 3 is 2.64 bits per heavy atom. The molecule has 0 unspecified atom stereocenters. The normalized spacial score (nSPS) is 11.0. The van der Waals surface area contributed by atoms with Crippen molar-refractivity contribution >= 4 is 5.78 Å². The first kappa shape index (κ1) is 16.4. The van der Waals surface area contributed by atoms with E-state index >= 15 is 0 Å². The number of carbonyl (C=O) groups is 1. The lowest BCUT2D eigenvalue weighted by Crippen LogP contribution is -2.08. The summed E-state index contributed by atoms with van der Waals surface area (Å²) in [4.78, 5) is 16.5. The second-order valence-corrected chi connectivity index (χ2v) is 5.73. The standard InChI is InChI=1S/C18H24N2O2/c1-12-11-13(2)17(14(3)16(12)15(4)21)18-19-7-9-20(18)8-6-10-22-5/h7,9,11H,6,8,10H2,1-5H3. The highest BCUT2D eigenvalue weighted by molar-refractivity contribution is 5.99. The Kier molecular flexibility index (Phi) is 5.14. The van der Waals surface area contributed by atoms with Gasteiger partial charge in [0, 0.05) is 43.8 Å². The van der Waals surface area contributed by atoms with E-state index in [4.69, 9.17) is 4.74 Å². The predicted octanol–water partition coefficient (Wildman–Crippen LogP) is 3.71. The molecule has 0 bridgehead atoms. The van der Waals surface area contributed by atoms with Gasteiger partial charge in [-0.2, -0.15) is 0 Å². The van der Waals surface area contributed by atoms with Crippen LogP contribution in [0.25, 0.3) is 11.4 Å². The zero-order valence-electron chi connectivity index (χ0n) is 14.1. The molecular weight excluding hydrogens is 276 g/mol. The van der Waals surface area contributed by atoms with Crippen LogP contribution in [0, 0.1) is 20.8 Å². The quantitative estimate of drug-likeness (QED) is 0.603. The molecule has 0 aliphatic carbocycles. The van der Waals surface area contributed by atoms with Crippen LogP contribution in [0.4, 0.5) is 0 Å². The highest BCUT2D eigenvalue weighted by Gasteiger charge is 2.18. The van der Waals surface area contributed by atoms with Crippen molar-refractivity contribution in [2.45, 2.75) is 40.7 Å². The van der Waals surface area contributed by atoms with Gasteiger partial charge in [-0.25, -0.2) is 4.98 Å². The second-order valence-electron chi connectivity index (χ2n) is 5.73. The Morgan fingerprint density at radius 2 is 2.00 bits per heavy atom. The largest absolute Gasteiger partial charge is 0.385 e. The van der Waals surface area contributed by atoms with Crippen LogP contribution in [0.2, 0.25) is 0 Å². The van der Waals surface area contributed by atoms with Crippen LogP contribution in [0.1, 0.15) is 40.4 Å². The molecule has 2 aromatic rings. The summed E-state index contributed by atoms with van der Waals surface area (Å²) in [6.45, 7) is 9.28. The summed E-state index contributed by atoms with van der Waals surface area (Å²) in [6, 6.07) is 2.08.